The van der Waals surface area contributed by atoms with Crippen LogP contribution in [0.15, 0.2) is 24.3 Å². The number of thioether (sulfide) groups is 1. The van der Waals surface area contributed by atoms with E-state index < -0.39 is 0 Å². The van der Waals surface area contributed by atoms with E-state index in [1.165, 1.54) is 36.3 Å². The van der Waals surface area contributed by atoms with Gasteiger partial charge in [0.25, 0.3) is 0 Å². The van der Waals surface area contributed by atoms with E-state index in [9.17, 15) is 0 Å². The first-order chi connectivity index (χ1) is 9.33. The highest BCUT2D eigenvalue weighted by molar-refractivity contribution is 7.99. The molecule has 19 heavy (non-hydrogen) atoms. The van der Waals surface area contributed by atoms with Gasteiger partial charge in [0, 0.05) is 6.04 Å². The van der Waals surface area contributed by atoms with Crippen LogP contribution in [-0.4, -0.2) is 25.2 Å². The zero-order valence-corrected chi connectivity index (χ0v) is 12.8. The third-order valence-electron chi connectivity index (χ3n) is 3.88. The predicted octanol–water partition coefficient (Wildman–Crippen LogP) is 3.88. The summed E-state index contributed by atoms with van der Waals surface area (Å²) in [6, 6.07) is 9.02. The maximum absolute atomic E-state index is 5.24. The van der Waals surface area contributed by atoms with E-state index in [2.05, 4.69) is 48.3 Å². The molecule has 0 aromatic heterocycles. The van der Waals surface area contributed by atoms with E-state index >= 15 is 0 Å². The van der Waals surface area contributed by atoms with Crippen LogP contribution >= 0.6 is 11.8 Å². The smallest absolute Gasteiger partial charge is 0.118 e. The molecule has 2 nitrogen and oxygen atoms in total. The van der Waals surface area contributed by atoms with Crippen molar-refractivity contribution in [1.82, 2.24) is 5.32 Å². The summed E-state index contributed by atoms with van der Waals surface area (Å²) in [4.78, 5) is 0. The Morgan fingerprint density at radius 1 is 1.26 bits per heavy atom. The van der Waals surface area contributed by atoms with Gasteiger partial charge in [0.2, 0.25) is 0 Å². The number of nitrogens with one attached hydrogen (secondary N) is 1. The second kappa shape index (κ2) is 7.81. The molecule has 1 aliphatic heterocycles. The summed E-state index contributed by atoms with van der Waals surface area (Å²) in [7, 11) is 1.72. The average Bonchev–Trinajstić information content (AvgIpc) is 2.48. The molecule has 1 saturated heterocycles. The Balaban J connectivity index is 2.00. The Kier molecular flexibility index (Phi) is 6.05. The van der Waals surface area contributed by atoms with Gasteiger partial charge in [-0.05, 0) is 60.9 Å². The van der Waals surface area contributed by atoms with E-state index in [0.717, 1.165) is 18.2 Å². The molecule has 1 unspecified atom stereocenters. The zero-order chi connectivity index (χ0) is 13.5. The molecule has 0 amide bonds. The standard InChI is InChI=1S/C16H25NOS/c1-3-17-16(12-13-8-10-19-11-9-13)14-4-6-15(18-2)7-5-14/h4-7,13,16-17H,3,8-12H2,1-2H3. The highest BCUT2D eigenvalue weighted by Gasteiger charge is 2.19. The summed E-state index contributed by atoms with van der Waals surface area (Å²) in [5.74, 6) is 4.50. The number of hydrogen-bond acceptors (Lipinski definition) is 3. The summed E-state index contributed by atoms with van der Waals surface area (Å²) in [6.45, 7) is 3.21. The first-order valence-electron chi connectivity index (χ1n) is 7.28. The number of hydrogen-bond donors (Lipinski definition) is 1. The molecule has 1 aromatic rings. The first kappa shape index (κ1) is 14.7. The van der Waals surface area contributed by atoms with Crippen molar-refractivity contribution in [1.29, 1.82) is 0 Å². The molecule has 1 atom stereocenters. The molecule has 3 heteroatoms. The average molecular weight is 279 g/mol. The van der Waals surface area contributed by atoms with Crippen molar-refractivity contribution in [2.24, 2.45) is 5.92 Å². The van der Waals surface area contributed by atoms with E-state index in [1.54, 1.807) is 7.11 Å². The monoisotopic (exact) mass is 279 g/mol. The van der Waals surface area contributed by atoms with Gasteiger partial charge in [-0.2, -0.15) is 11.8 Å². The number of methoxy groups -OCH3 is 1. The van der Waals surface area contributed by atoms with Gasteiger partial charge in [-0.15, -0.1) is 0 Å². The zero-order valence-electron chi connectivity index (χ0n) is 12.0. The fraction of sp³-hybridized carbons (Fsp3) is 0.625. The first-order valence-corrected chi connectivity index (χ1v) is 8.44. The third-order valence-corrected chi connectivity index (χ3v) is 4.93. The molecule has 106 valence electrons. The lowest BCUT2D eigenvalue weighted by Gasteiger charge is -2.27. The van der Waals surface area contributed by atoms with E-state index in [-0.39, 0.29) is 0 Å². The highest BCUT2D eigenvalue weighted by atomic mass is 32.2. The van der Waals surface area contributed by atoms with Crippen molar-refractivity contribution >= 4 is 11.8 Å². The molecule has 1 fully saturated rings. The third kappa shape index (κ3) is 4.43. The van der Waals surface area contributed by atoms with Crippen molar-refractivity contribution in [3.8, 4) is 5.75 Å². The molecule has 0 radical (unpaired) electrons. The molecule has 1 aromatic carbocycles. The van der Waals surface area contributed by atoms with Crippen LogP contribution in [-0.2, 0) is 0 Å². The van der Waals surface area contributed by atoms with E-state index in [1.807, 2.05) is 0 Å². The Morgan fingerprint density at radius 3 is 2.53 bits per heavy atom. The van der Waals surface area contributed by atoms with Gasteiger partial charge in [0.15, 0.2) is 0 Å². The topological polar surface area (TPSA) is 21.3 Å². The lowest BCUT2D eigenvalue weighted by Crippen LogP contribution is -2.25. The van der Waals surface area contributed by atoms with Crippen molar-refractivity contribution in [3.05, 3.63) is 29.8 Å². The maximum Gasteiger partial charge on any atom is 0.118 e. The molecule has 0 spiro atoms. The highest BCUT2D eigenvalue weighted by Crippen LogP contribution is 2.31. The van der Waals surface area contributed by atoms with Crippen LogP contribution in [0.25, 0.3) is 0 Å². The molecule has 0 saturated carbocycles. The molecule has 2 rings (SSSR count). The lowest BCUT2D eigenvalue weighted by molar-refractivity contribution is 0.373. The van der Waals surface area contributed by atoms with Crippen molar-refractivity contribution in [2.75, 3.05) is 25.2 Å². The second-order valence-corrected chi connectivity index (χ2v) is 6.40. The van der Waals surface area contributed by atoms with Crippen LogP contribution in [0.2, 0.25) is 0 Å². The van der Waals surface area contributed by atoms with Crippen molar-refractivity contribution in [2.45, 2.75) is 32.2 Å². The van der Waals surface area contributed by atoms with Crippen LogP contribution in [0, 0.1) is 5.92 Å². The van der Waals surface area contributed by atoms with Crippen LogP contribution < -0.4 is 10.1 Å². The summed E-state index contributed by atoms with van der Waals surface area (Å²) < 4.78 is 5.24. The van der Waals surface area contributed by atoms with E-state index in [4.69, 9.17) is 4.74 Å². The minimum atomic E-state index is 0.490. The largest absolute Gasteiger partial charge is 0.497 e. The summed E-state index contributed by atoms with van der Waals surface area (Å²) >= 11 is 2.10. The SMILES string of the molecule is CCNC(CC1CCSCC1)c1ccc(OC)cc1. The van der Waals surface area contributed by atoms with Crippen molar-refractivity contribution in [3.63, 3.8) is 0 Å². The molecule has 1 heterocycles. The van der Waals surface area contributed by atoms with Crippen LogP contribution in [0.5, 0.6) is 5.75 Å². The Labute approximate surface area is 121 Å². The van der Waals surface area contributed by atoms with Crippen LogP contribution in [0.1, 0.15) is 37.8 Å². The lowest BCUT2D eigenvalue weighted by atomic mass is 9.90. The van der Waals surface area contributed by atoms with Gasteiger partial charge in [-0.1, -0.05) is 19.1 Å². The van der Waals surface area contributed by atoms with Gasteiger partial charge >= 0.3 is 0 Å². The van der Waals surface area contributed by atoms with Gasteiger partial charge in [-0.3, -0.25) is 0 Å². The fourth-order valence-electron chi connectivity index (χ4n) is 2.74. The number of ether oxygens (including phenoxy) is 1. The normalized spacial score (nSPS) is 18.2. The van der Waals surface area contributed by atoms with Gasteiger partial charge in [0.05, 0.1) is 7.11 Å². The minimum absolute atomic E-state index is 0.490. The maximum atomic E-state index is 5.24. The second-order valence-electron chi connectivity index (χ2n) is 5.17. The summed E-state index contributed by atoms with van der Waals surface area (Å²) in [5.41, 5.74) is 1.39. The molecule has 0 aliphatic carbocycles. The van der Waals surface area contributed by atoms with Crippen LogP contribution in [0.3, 0.4) is 0 Å². The number of benzene rings is 1. The molecule has 1 N–H and O–H groups in total. The molecule has 0 bridgehead atoms. The van der Waals surface area contributed by atoms with Gasteiger partial charge < -0.3 is 10.1 Å². The Morgan fingerprint density at radius 2 is 1.95 bits per heavy atom. The minimum Gasteiger partial charge on any atom is -0.497 e. The molecular formula is C16H25NOS. The van der Waals surface area contributed by atoms with Crippen molar-refractivity contribution < 1.29 is 4.74 Å². The summed E-state index contributed by atoms with van der Waals surface area (Å²) in [5, 5.41) is 3.64. The quantitative estimate of drug-likeness (QED) is 0.854. The molecule has 1 aliphatic rings. The Bertz CT molecular complexity index is 360. The Hall–Kier alpha value is -0.670. The molecular weight excluding hydrogens is 254 g/mol. The van der Waals surface area contributed by atoms with Crippen LogP contribution in [0.4, 0.5) is 0 Å². The summed E-state index contributed by atoms with van der Waals surface area (Å²) in [6.07, 6.45) is 4.02. The van der Waals surface area contributed by atoms with Gasteiger partial charge in [0.1, 0.15) is 5.75 Å². The van der Waals surface area contributed by atoms with Gasteiger partial charge in [-0.25, -0.2) is 0 Å². The fourth-order valence-corrected chi connectivity index (χ4v) is 3.94. The van der Waals surface area contributed by atoms with E-state index in [0.29, 0.717) is 6.04 Å². The number of rotatable bonds is 6. The predicted molar refractivity (Wildman–Crippen MR) is 84.1 cm³/mol.